The highest BCUT2D eigenvalue weighted by Gasteiger charge is 2.28. The van der Waals surface area contributed by atoms with Crippen LogP contribution in [0.3, 0.4) is 0 Å². The molecule has 4 nitrogen and oxygen atoms in total. The van der Waals surface area contributed by atoms with Crippen molar-refractivity contribution in [1.29, 1.82) is 0 Å². The lowest BCUT2D eigenvalue weighted by molar-refractivity contribution is -0.897. The fourth-order valence-electron chi connectivity index (χ4n) is 4.53. The van der Waals surface area contributed by atoms with Gasteiger partial charge in [-0.3, -0.25) is 4.79 Å². The van der Waals surface area contributed by atoms with Crippen LogP contribution >= 0.6 is 11.3 Å². The second-order valence-electron chi connectivity index (χ2n) is 8.16. The molecule has 0 bridgehead atoms. The van der Waals surface area contributed by atoms with Crippen LogP contribution in [0.4, 0.5) is 0 Å². The number of amides is 1. The number of hydrogen-bond acceptors (Lipinski definition) is 3. The minimum atomic E-state index is 0.247. The molecule has 1 saturated heterocycles. The summed E-state index contributed by atoms with van der Waals surface area (Å²) in [7, 11) is 0. The topological polar surface area (TPSA) is 46.4 Å². The third kappa shape index (κ3) is 4.09. The van der Waals surface area contributed by atoms with E-state index in [1.165, 1.54) is 33.9 Å². The average molecular weight is 373 g/mol. The Labute approximate surface area is 160 Å². The van der Waals surface area contributed by atoms with Gasteiger partial charge in [0.1, 0.15) is 0 Å². The summed E-state index contributed by atoms with van der Waals surface area (Å²) >= 11 is 1.84. The molecule has 1 amide bonds. The monoisotopic (exact) mass is 372 g/mol. The Morgan fingerprint density at radius 1 is 1.19 bits per heavy atom. The van der Waals surface area contributed by atoms with Crippen molar-refractivity contribution in [2.24, 2.45) is 5.92 Å². The minimum Gasteiger partial charge on any atom is -0.348 e. The van der Waals surface area contributed by atoms with Crippen molar-refractivity contribution >= 4 is 27.5 Å². The van der Waals surface area contributed by atoms with Gasteiger partial charge in [-0.2, -0.15) is 0 Å². The van der Waals surface area contributed by atoms with Crippen LogP contribution in [0.5, 0.6) is 0 Å². The maximum absolute atomic E-state index is 12.5. The van der Waals surface area contributed by atoms with Crippen molar-refractivity contribution in [2.75, 3.05) is 19.6 Å². The maximum atomic E-state index is 12.5. The molecule has 2 aliphatic rings. The number of fused-ring (bicyclic) bond motifs is 1. The largest absolute Gasteiger partial charge is 0.348 e. The summed E-state index contributed by atoms with van der Waals surface area (Å²) < 4.78 is 1.29. The van der Waals surface area contributed by atoms with E-state index in [-0.39, 0.29) is 5.91 Å². The van der Waals surface area contributed by atoms with Crippen LogP contribution < -0.4 is 10.2 Å². The third-order valence-electron chi connectivity index (χ3n) is 6.22. The maximum Gasteiger partial charge on any atom is 0.275 e. The third-order valence-corrected chi connectivity index (χ3v) is 7.42. The zero-order valence-corrected chi connectivity index (χ0v) is 16.5. The summed E-state index contributed by atoms with van der Waals surface area (Å²) in [5, 5.41) is 4.59. The molecule has 1 aliphatic heterocycles. The van der Waals surface area contributed by atoms with E-state index in [2.05, 4.69) is 36.5 Å². The van der Waals surface area contributed by atoms with E-state index in [9.17, 15) is 4.79 Å². The molecule has 5 heteroatoms. The molecule has 2 heterocycles. The van der Waals surface area contributed by atoms with E-state index < -0.39 is 0 Å². The lowest BCUT2D eigenvalue weighted by Crippen LogP contribution is -3.14. The first-order valence-corrected chi connectivity index (χ1v) is 11.0. The van der Waals surface area contributed by atoms with Gasteiger partial charge in [0.05, 0.1) is 28.3 Å². The Balaban J connectivity index is 1.27. The van der Waals surface area contributed by atoms with Gasteiger partial charge in [0, 0.05) is 24.8 Å². The van der Waals surface area contributed by atoms with Crippen LogP contribution in [0.25, 0.3) is 10.2 Å². The number of nitrogens with one attached hydrogen (secondary N) is 2. The minimum absolute atomic E-state index is 0.247. The van der Waals surface area contributed by atoms with E-state index in [4.69, 9.17) is 4.98 Å². The van der Waals surface area contributed by atoms with Gasteiger partial charge in [-0.1, -0.05) is 31.9 Å². The molecule has 4 rings (SSSR count). The van der Waals surface area contributed by atoms with Crippen molar-refractivity contribution < 1.29 is 9.69 Å². The molecule has 2 aromatic rings. The number of carbonyl (C=O) groups is 1. The number of carbonyl (C=O) groups excluding carboxylic acids is 1. The highest BCUT2D eigenvalue weighted by Crippen LogP contribution is 2.31. The van der Waals surface area contributed by atoms with Crippen LogP contribution in [0.15, 0.2) is 24.3 Å². The predicted octanol–water partition coefficient (Wildman–Crippen LogP) is 2.75. The fraction of sp³-hybridized carbons (Fsp3) is 0.619. The zero-order chi connectivity index (χ0) is 17.9. The van der Waals surface area contributed by atoms with Crippen molar-refractivity contribution in [3.05, 3.63) is 29.3 Å². The molecule has 1 aromatic carbocycles. The van der Waals surface area contributed by atoms with Crippen LogP contribution in [-0.2, 0) is 4.79 Å². The lowest BCUT2D eigenvalue weighted by Gasteiger charge is -2.31. The number of benzene rings is 1. The number of nitrogens with zero attached hydrogens (tertiary/aromatic N) is 1. The zero-order valence-electron chi connectivity index (χ0n) is 15.7. The fourth-order valence-corrected chi connectivity index (χ4v) is 5.67. The first-order chi connectivity index (χ1) is 12.7. The smallest absolute Gasteiger partial charge is 0.275 e. The molecule has 1 aliphatic carbocycles. The first kappa shape index (κ1) is 17.9. The lowest BCUT2D eigenvalue weighted by atomic mass is 9.86. The normalized spacial score (nSPS) is 29.6. The van der Waals surface area contributed by atoms with Gasteiger partial charge in [-0.05, 0) is 30.9 Å². The van der Waals surface area contributed by atoms with Gasteiger partial charge in [-0.25, -0.2) is 4.98 Å². The molecule has 0 unspecified atom stereocenters. The molecule has 140 valence electrons. The number of thiazole rings is 1. The Hall–Kier alpha value is -1.46. The summed E-state index contributed by atoms with van der Waals surface area (Å²) in [6.07, 6.45) is 7.27. The Morgan fingerprint density at radius 2 is 1.96 bits per heavy atom. The van der Waals surface area contributed by atoms with E-state index in [1.54, 1.807) is 0 Å². The number of piperidine rings is 1. The number of para-hydroxylation sites is 1. The summed E-state index contributed by atoms with van der Waals surface area (Å²) in [5.74, 6) is 1.45. The van der Waals surface area contributed by atoms with E-state index in [0.29, 0.717) is 24.4 Å². The number of rotatable bonds is 4. The molecule has 2 fully saturated rings. The summed E-state index contributed by atoms with van der Waals surface area (Å²) in [4.78, 5) is 18.7. The Kier molecular flexibility index (Phi) is 5.55. The van der Waals surface area contributed by atoms with Crippen molar-refractivity contribution in [3.8, 4) is 0 Å². The van der Waals surface area contributed by atoms with E-state index in [1.807, 2.05) is 11.3 Å². The summed E-state index contributed by atoms with van der Waals surface area (Å²) in [5.41, 5.74) is 1.13. The SMILES string of the molecule is C[C@@H]1CCCC[C@H]1NC(=O)C[NH+]1CCC(c2nc3ccccc3s2)CC1. The Bertz CT molecular complexity index is 718. The Morgan fingerprint density at radius 3 is 2.73 bits per heavy atom. The molecule has 1 saturated carbocycles. The number of aromatic nitrogens is 1. The predicted molar refractivity (Wildman–Crippen MR) is 107 cm³/mol. The van der Waals surface area contributed by atoms with Gasteiger partial charge >= 0.3 is 0 Å². The van der Waals surface area contributed by atoms with Gasteiger partial charge in [0.2, 0.25) is 0 Å². The van der Waals surface area contributed by atoms with Gasteiger partial charge in [0.25, 0.3) is 5.91 Å². The van der Waals surface area contributed by atoms with Crippen molar-refractivity contribution in [1.82, 2.24) is 10.3 Å². The second kappa shape index (κ2) is 8.05. The van der Waals surface area contributed by atoms with Crippen molar-refractivity contribution in [3.63, 3.8) is 0 Å². The molecule has 26 heavy (non-hydrogen) atoms. The highest BCUT2D eigenvalue weighted by molar-refractivity contribution is 7.18. The average Bonchev–Trinajstić information content (AvgIpc) is 3.08. The molecular weight excluding hydrogens is 342 g/mol. The highest BCUT2D eigenvalue weighted by atomic mass is 32.1. The number of likely N-dealkylation sites (tertiary alicyclic amines) is 1. The second-order valence-corrected chi connectivity index (χ2v) is 9.22. The summed E-state index contributed by atoms with van der Waals surface area (Å²) in [6, 6.07) is 8.81. The molecule has 2 atom stereocenters. The van der Waals surface area contributed by atoms with Crippen LogP contribution in [-0.4, -0.2) is 36.6 Å². The van der Waals surface area contributed by atoms with Crippen LogP contribution in [0.2, 0.25) is 0 Å². The molecule has 0 spiro atoms. The molecule has 2 N–H and O–H groups in total. The molecule has 1 aromatic heterocycles. The van der Waals surface area contributed by atoms with Crippen molar-refractivity contribution in [2.45, 2.75) is 57.4 Å². The molecular formula is C21H30N3OS+. The summed E-state index contributed by atoms with van der Waals surface area (Å²) in [6.45, 7) is 5.07. The van der Waals surface area contributed by atoms with Gasteiger partial charge in [0.15, 0.2) is 6.54 Å². The van der Waals surface area contributed by atoms with Crippen LogP contribution in [0.1, 0.15) is 56.4 Å². The quantitative estimate of drug-likeness (QED) is 0.867. The molecule has 0 radical (unpaired) electrons. The van der Waals surface area contributed by atoms with E-state index >= 15 is 0 Å². The van der Waals surface area contributed by atoms with Gasteiger partial charge in [-0.15, -0.1) is 11.3 Å². The van der Waals surface area contributed by atoms with Crippen LogP contribution in [0, 0.1) is 5.92 Å². The number of quaternary nitrogens is 1. The number of hydrogen-bond donors (Lipinski definition) is 2. The van der Waals surface area contributed by atoms with E-state index in [0.717, 1.165) is 37.9 Å². The first-order valence-electron chi connectivity index (χ1n) is 10.2. The standard InChI is InChI=1S/C21H29N3OS/c1-15-6-2-3-7-17(15)22-20(25)14-24-12-10-16(11-13-24)21-23-18-8-4-5-9-19(18)26-21/h4-5,8-9,15-17H,2-3,6-7,10-14H2,1H3,(H,22,25)/p+1/t15-,17-/m1/s1. The van der Waals surface area contributed by atoms with Gasteiger partial charge < -0.3 is 10.2 Å².